The molecule has 1 fully saturated rings. The highest BCUT2D eigenvalue weighted by Crippen LogP contribution is 2.22. The second kappa shape index (κ2) is 8.52. The fourth-order valence-corrected chi connectivity index (χ4v) is 3.62. The molecule has 1 amide bonds. The molecule has 8 heteroatoms. The predicted octanol–water partition coefficient (Wildman–Crippen LogP) is 3.36. The molecule has 0 bridgehead atoms. The van der Waals surface area contributed by atoms with Crippen LogP contribution in [-0.4, -0.2) is 50.5 Å². The molecule has 0 spiro atoms. The van der Waals surface area contributed by atoms with Gasteiger partial charge in [0, 0.05) is 19.0 Å². The standard InChI is InChI=1S/C20H20BrN5O2/c21-19-8-7-16(12-22-19)28-14-15-4-3-11-25(13-15)20(27)17-5-1-2-6-18(17)26-23-9-10-24-26/h1-2,5-10,12,15H,3-4,11,13-14H2. The molecule has 1 atom stereocenters. The van der Waals surface area contributed by atoms with Gasteiger partial charge in [0.1, 0.15) is 10.4 Å². The van der Waals surface area contributed by atoms with Crippen LogP contribution in [0.15, 0.2) is 59.6 Å². The van der Waals surface area contributed by atoms with Gasteiger partial charge in [0.15, 0.2) is 0 Å². The van der Waals surface area contributed by atoms with E-state index in [-0.39, 0.29) is 11.8 Å². The summed E-state index contributed by atoms with van der Waals surface area (Å²) in [5.41, 5.74) is 1.30. The first-order valence-corrected chi connectivity index (χ1v) is 9.99. The Morgan fingerprint density at radius 1 is 1.18 bits per heavy atom. The molecule has 3 heterocycles. The van der Waals surface area contributed by atoms with Gasteiger partial charge >= 0.3 is 0 Å². The van der Waals surface area contributed by atoms with Gasteiger partial charge in [0.05, 0.1) is 36.4 Å². The Labute approximate surface area is 171 Å². The molecule has 1 aliphatic heterocycles. The summed E-state index contributed by atoms with van der Waals surface area (Å²) in [5, 5.41) is 8.33. The third-order valence-electron chi connectivity index (χ3n) is 4.76. The largest absolute Gasteiger partial charge is 0.492 e. The van der Waals surface area contributed by atoms with E-state index in [1.165, 1.54) is 4.80 Å². The molecule has 1 saturated heterocycles. The van der Waals surface area contributed by atoms with Gasteiger partial charge in [-0.3, -0.25) is 4.79 Å². The van der Waals surface area contributed by atoms with E-state index in [1.54, 1.807) is 18.6 Å². The number of nitrogens with zero attached hydrogens (tertiary/aromatic N) is 5. The molecule has 0 N–H and O–H groups in total. The molecular weight excluding hydrogens is 422 g/mol. The molecular formula is C20H20BrN5O2. The summed E-state index contributed by atoms with van der Waals surface area (Å²) in [6.07, 6.45) is 6.90. The number of amides is 1. The zero-order chi connectivity index (χ0) is 19.3. The number of rotatable bonds is 5. The van der Waals surface area contributed by atoms with Gasteiger partial charge < -0.3 is 9.64 Å². The van der Waals surface area contributed by atoms with Crippen LogP contribution in [-0.2, 0) is 0 Å². The average molecular weight is 442 g/mol. The van der Waals surface area contributed by atoms with Crippen molar-refractivity contribution in [3.05, 3.63) is 65.2 Å². The van der Waals surface area contributed by atoms with E-state index < -0.39 is 0 Å². The number of hydrogen-bond acceptors (Lipinski definition) is 5. The van der Waals surface area contributed by atoms with Crippen LogP contribution in [0.3, 0.4) is 0 Å². The number of halogens is 1. The molecule has 1 aliphatic rings. The van der Waals surface area contributed by atoms with Crippen LogP contribution in [0.4, 0.5) is 0 Å². The molecule has 0 saturated carbocycles. The van der Waals surface area contributed by atoms with Crippen molar-refractivity contribution in [2.45, 2.75) is 12.8 Å². The van der Waals surface area contributed by atoms with E-state index in [2.05, 4.69) is 31.1 Å². The normalized spacial score (nSPS) is 16.8. The SMILES string of the molecule is O=C(c1ccccc1-n1nccn1)N1CCCC(COc2ccc(Br)nc2)C1. The number of piperidine rings is 1. The van der Waals surface area contributed by atoms with Gasteiger partial charge in [-0.25, -0.2) is 4.98 Å². The number of carbonyl (C=O) groups excluding carboxylic acids is 1. The van der Waals surface area contributed by atoms with Gasteiger partial charge in [-0.2, -0.15) is 15.0 Å². The van der Waals surface area contributed by atoms with Crippen LogP contribution in [0.25, 0.3) is 5.69 Å². The van der Waals surface area contributed by atoms with E-state index in [4.69, 9.17) is 4.74 Å². The van der Waals surface area contributed by atoms with Crippen LogP contribution >= 0.6 is 15.9 Å². The van der Waals surface area contributed by atoms with Crippen LogP contribution in [0, 0.1) is 5.92 Å². The van der Waals surface area contributed by atoms with Gasteiger partial charge in [0.2, 0.25) is 0 Å². The topological polar surface area (TPSA) is 73.1 Å². The number of carbonyl (C=O) groups is 1. The monoisotopic (exact) mass is 441 g/mol. The first-order chi connectivity index (χ1) is 13.7. The molecule has 28 heavy (non-hydrogen) atoms. The molecule has 144 valence electrons. The second-order valence-corrected chi connectivity index (χ2v) is 7.54. The maximum atomic E-state index is 13.2. The summed E-state index contributed by atoms with van der Waals surface area (Å²) >= 11 is 3.32. The Kier molecular flexibility index (Phi) is 5.66. The maximum Gasteiger partial charge on any atom is 0.256 e. The smallest absolute Gasteiger partial charge is 0.256 e. The molecule has 3 aromatic rings. The third kappa shape index (κ3) is 4.22. The van der Waals surface area contributed by atoms with E-state index in [9.17, 15) is 4.79 Å². The number of para-hydroxylation sites is 1. The molecule has 7 nitrogen and oxygen atoms in total. The minimum atomic E-state index is 0.00269. The minimum absolute atomic E-state index is 0.00269. The maximum absolute atomic E-state index is 13.2. The van der Waals surface area contributed by atoms with Crippen LogP contribution in [0.1, 0.15) is 23.2 Å². The van der Waals surface area contributed by atoms with Crippen LogP contribution < -0.4 is 4.74 Å². The first kappa shape index (κ1) is 18.6. The van der Waals surface area contributed by atoms with E-state index >= 15 is 0 Å². The molecule has 1 unspecified atom stereocenters. The summed E-state index contributed by atoms with van der Waals surface area (Å²) in [6, 6.07) is 11.2. The highest BCUT2D eigenvalue weighted by Gasteiger charge is 2.26. The van der Waals surface area contributed by atoms with E-state index in [0.29, 0.717) is 24.4 Å². The minimum Gasteiger partial charge on any atom is -0.492 e. The van der Waals surface area contributed by atoms with Gasteiger partial charge in [-0.15, -0.1) is 0 Å². The summed E-state index contributed by atoms with van der Waals surface area (Å²) in [4.78, 5) is 20.7. The number of hydrogen-bond donors (Lipinski definition) is 0. The predicted molar refractivity (Wildman–Crippen MR) is 107 cm³/mol. The average Bonchev–Trinajstić information content (AvgIpc) is 3.28. The van der Waals surface area contributed by atoms with Crippen molar-refractivity contribution in [2.75, 3.05) is 19.7 Å². The van der Waals surface area contributed by atoms with Crippen molar-refractivity contribution in [2.24, 2.45) is 5.92 Å². The van der Waals surface area contributed by atoms with Crippen molar-refractivity contribution >= 4 is 21.8 Å². The van der Waals surface area contributed by atoms with Gasteiger partial charge in [-0.1, -0.05) is 12.1 Å². The second-order valence-electron chi connectivity index (χ2n) is 6.72. The lowest BCUT2D eigenvalue weighted by Gasteiger charge is -2.33. The number of pyridine rings is 1. The number of aromatic nitrogens is 4. The molecule has 2 aromatic heterocycles. The molecule has 1 aromatic carbocycles. The Morgan fingerprint density at radius 2 is 2.00 bits per heavy atom. The zero-order valence-electron chi connectivity index (χ0n) is 15.2. The zero-order valence-corrected chi connectivity index (χ0v) is 16.8. The van der Waals surface area contributed by atoms with Gasteiger partial charge in [-0.05, 0) is 53.0 Å². The Morgan fingerprint density at radius 3 is 2.79 bits per heavy atom. The molecule has 0 aliphatic carbocycles. The Balaban J connectivity index is 1.43. The fraction of sp³-hybridized carbons (Fsp3) is 0.300. The first-order valence-electron chi connectivity index (χ1n) is 9.20. The number of benzene rings is 1. The highest BCUT2D eigenvalue weighted by molar-refractivity contribution is 9.10. The molecule has 4 rings (SSSR count). The lowest BCUT2D eigenvalue weighted by atomic mass is 9.98. The Hall–Kier alpha value is -2.74. The lowest BCUT2D eigenvalue weighted by Crippen LogP contribution is -2.42. The molecule has 0 radical (unpaired) electrons. The van der Waals surface area contributed by atoms with Crippen molar-refractivity contribution in [1.82, 2.24) is 24.9 Å². The van der Waals surface area contributed by atoms with E-state index in [0.717, 1.165) is 29.7 Å². The Bertz CT molecular complexity index is 930. The van der Waals surface area contributed by atoms with Crippen molar-refractivity contribution in [3.63, 3.8) is 0 Å². The fourth-order valence-electron chi connectivity index (χ4n) is 3.39. The number of ether oxygens (including phenoxy) is 1. The highest BCUT2D eigenvalue weighted by atomic mass is 79.9. The quantitative estimate of drug-likeness (QED) is 0.567. The van der Waals surface area contributed by atoms with Crippen LogP contribution in [0.5, 0.6) is 5.75 Å². The van der Waals surface area contributed by atoms with Gasteiger partial charge in [0.25, 0.3) is 5.91 Å². The summed E-state index contributed by atoms with van der Waals surface area (Å²) in [7, 11) is 0. The number of likely N-dealkylation sites (tertiary alicyclic amines) is 1. The van der Waals surface area contributed by atoms with Crippen LogP contribution in [0.2, 0.25) is 0 Å². The third-order valence-corrected chi connectivity index (χ3v) is 5.23. The summed E-state index contributed by atoms with van der Waals surface area (Å²) in [5.74, 6) is 1.03. The summed E-state index contributed by atoms with van der Waals surface area (Å²) in [6.45, 7) is 1.98. The summed E-state index contributed by atoms with van der Waals surface area (Å²) < 4.78 is 6.65. The van der Waals surface area contributed by atoms with Crippen molar-refractivity contribution in [1.29, 1.82) is 0 Å². The van der Waals surface area contributed by atoms with Crippen molar-refractivity contribution < 1.29 is 9.53 Å². The van der Waals surface area contributed by atoms with Crippen molar-refractivity contribution in [3.8, 4) is 11.4 Å². The van der Waals surface area contributed by atoms with E-state index in [1.807, 2.05) is 41.3 Å². The lowest BCUT2D eigenvalue weighted by molar-refractivity contribution is 0.0633.